The third-order valence-electron chi connectivity index (χ3n) is 3.45. The molecule has 130 valence electrons. The first kappa shape index (κ1) is 18.0. The summed E-state index contributed by atoms with van der Waals surface area (Å²) in [5.41, 5.74) is -1.04. The first-order valence-electron chi connectivity index (χ1n) is 6.61. The quantitative estimate of drug-likeness (QED) is 0.828. The molecule has 2 heterocycles. The molecule has 0 aromatic carbocycles. The van der Waals surface area contributed by atoms with Crippen molar-refractivity contribution in [1.82, 2.24) is 15.3 Å². The normalized spacial score (nSPS) is 18.4. The van der Waals surface area contributed by atoms with Gasteiger partial charge in [0, 0.05) is 13.2 Å². The molecular formula is C13H12ClF3N4O3. The summed E-state index contributed by atoms with van der Waals surface area (Å²) in [6.45, 7) is 0.928. The number of hydrogen-bond donors (Lipinski definition) is 1. The number of hydrazine groups is 1. The van der Waals surface area contributed by atoms with Crippen LogP contribution in [-0.4, -0.2) is 41.3 Å². The van der Waals surface area contributed by atoms with Gasteiger partial charge in [0.05, 0.1) is 17.1 Å². The highest BCUT2D eigenvalue weighted by atomic mass is 35.5. The van der Waals surface area contributed by atoms with Crippen LogP contribution in [0.25, 0.3) is 0 Å². The highest BCUT2D eigenvalue weighted by Crippen LogP contribution is 2.33. The summed E-state index contributed by atoms with van der Waals surface area (Å²) in [4.78, 5) is 38.6. The number of carbonyl (C=O) groups is 3. The largest absolute Gasteiger partial charge is 0.417 e. The number of anilines is 1. The van der Waals surface area contributed by atoms with E-state index in [4.69, 9.17) is 11.6 Å². The molecular weight excluding hydrogens is 353 g/mol. The topological polar surface area (TPSA) is 82.6 Å². The minimum atomic E-state index is -4.61. The third kappa shape index (κ3) is 3.42. The van der Waals surface area contributed by atoms with Crippen molar-refractivity contribution in [1.29, 1.82) is 0 Å². The van der Waals surface area contributed by atoms with Crippen LogP contribution in [0.1, 0.15) is 12.5 Å². The molecule has 1 atom stereocenters. The van der Waals surface area contributed by atoms with Gasteiger partial charge in [-0.15, -0.1) is 0 Å². The highest BCUT2D eigenvalue weighted by molar-refractivity contribution is 6.33. The van der Waals surface area contributed by atoms with E-state index in [1.807, 2.05) is 5.32 Å². The Morgan fingerprint density at radius 1 is 1.46 bits per heavy atom. The molecule has 0 bridgehead atoms. The van der Waals surface area contributed by atoms with Gasteiger partial charge in [0.1, 0.15) is 11.7 Å². The number of halogens is 4. The van der Waals surface area contributed by atoms with Crippen molar-refractivity contribution in [3.63, 3.8) is 0 Å². The van der Waals surface area contributed by atoms with Gasteiger partial charge in [-0.1, -0.05) is 11.6 Å². The highest BCUT2D eigenvalue weighted by Gasteiger charge is 2.38. The number of pyridine rings is 1. The number of Topliss-reactive ketones (excluding diaryl/α,β-unsaturated/α-hetero) is 1. The van der Waals surface area contributed by atoms with E-state index >= 15 is 0 Å². The van der Waals surface area contributed by atoms with Gasteiger partial charge in [-0.05, 0) is 13.0 Å². The van der Waals surface area contributed by atoms with Crippen molar-refractivity contribution in [3.05, 3.63) is 22.8 Å². The van der Waals surface area contributed by atoms with E-state index in [1.54, 1.807) is 0 Å². The molecule has 1 fully saturated rings. The van der Waals surface area contributed by atoms with Crippen molar-refractivity contribution in [2.24, 2.45) is 5.92 Å². The number of carbonyl (C=O) groups excluding carboxylic acids is 3. The van der Waals surface area contributed by atoms with Crippen LogP contribution in [0.2, 0.25) is 5.02 Å². The standard InChI is InChI=1S/C13H12ClF3N4O3/c1-6(22)8-5-21(12(24)19-11(8)23)20(2)10-9(14)3-7(4-18-10)13(15,16)17/h3-4,8H,5H2,1-2H3,(H,19,23,24). The fourth-order valence-electron chi connectivity index (χ4n) is 2.11. The molecule has 2 rings (SSSR count). The summed E-state index contributed by atoms with van der Waals surface area (Å²) < 4.78 is 37.9. The second-order valence-electron chi connectivity index (χ2n) is 5.09. The van der Waals surface area contributed by atoms with Crippen LogP contribution in [0.5, 0.6) is 0 Å². The Morgan fingerprint density at radius 2 is 2.08 bits per heavy atom. The van der Waals surface area contributed by atoms with Crippen LogP contribution in [0.15, 0.2) is 12.3 Å². The molecule has 7 nitrogen and oxygen atoms in total. The van der Waals surface area contributed by atoms with Gasteiger partial charge >= 0.3 is 12.2 Å². The molecule has 11 heteroatoms. The lowest BCUT2D eigenvalue weighted by Crippen LogP contribution is -2.61. The zero-order valence-electron chi connectivity index (χ0n) is 12.5. The van der Waals surface area contributed by atoms with E-state index in [1.165, 1.54) is 14.0 Å². The van der Waals surface area contributed by atoms with Gasteiger partial charge in [-0.3, -0.25) is 19.9 Å². The van der Waals surface area contributed by atoms with Crippen molar-refractivity contribution in [2.75, 3.05) is 18.6 Å². The lowest BCUT2D eigenvalue weighted by molar-refractivity contribution is -0.138. The van der Waals surface area contributed by atoms with Crippen LogP contribution in [-0.2, 0) is 15.8 Å². The number of aromatic nitrogens is 1. The summed E-state index contributed by atoms with van der Waals surface area (Å²) in [5, 5.41) is 3.72. The van der Waals surface area contributed by atoms with Gasteiger partial charge < -0.3 is 0 Å². The number of amides is 3. The molecule has 0 radical (unpaired) electrons. The molecule has 0 aliphatic carbocycles. The Morgan fingerprint density at radius 3 is 2.58 bits per heavy atom. The average molecular weight is 365 g/mol. The molecule has 3 amide bonds. The van der Waals surface area contributed by atoms with Crippen LogP contribution < -0.4 is 10.3 Å². The zero-order chi connectivity index (χ0) is 18.2. The van der Waals surface area contributed by atoms with Crippen LogP contribution in [0.4, 0.5) is 23.8 Å². The molecule has 0 spiro atoms. The number of ketones is 1. The number of imide groups is 1. The number of hydrogen-bond acceptors (Lipinski definition) is 5. The molecule has 0 saturated carbocycles. The molecule has 1 saturated heterocycles. The van der Waals surface area contributed by atoms with Gasteiger partial charge in [0.15, 0.2) is 5.82 Å². The number of urea groups is 1. The monoisotopic (exact) mass is 364 g/mol. The molecule has 24 heavy (non-hydrogen) atoms. The molecule has 1 aromatic rings. The smallest absolute Gasteiger partial charge is 0.299 e. The number of nitrogens with zero attached hydrogens (tertiary/aromatic N) is 3. The average Bonchev–Trinajstić information content (AvgIpc) is 2.45. The Hall–Kier alpha value is -2.36. The Kier molecular flexibility index (Phi) is 4.70. The zero-order valence-corrected chi connectivity index (χ0v) is 13.3. The summed E-state index contributed by atoms with van der Waals surface area (Å²) in [6, 6.07) is -0.159. The van der Waals surface area contributed by atoms with Crippen LogP contribution >= 0.6 is 11.6 Å². The fourth-order valence-corrected chi connectivity index (χ4v) is 2.39. The second kappa shape index (κ2) is 6.27. The first-order valence-corrected chi connectivity index (χ1v) is 6.99. The van der Waals surface area contributed by atoms with E-state index in [9.17, 15) is 27.6 Å². The van der Waals surface area contributed by atoms with Gasteiger partial charge in [-0.25, -0.2) is 14.8 Å². The van der Waals surface area contributed by atoms with E-state index in [-0.39, 0.29) is 17.4 Å². The summed E-state index contributed by atoms with van der Waals surface area (Å²) in [6.07, 6.45) is -4.03. The molecule has 1 aliphatic rings. The third-order valence-corrected chi connectivity index (χ3v) is 3.72. The van der Waals surface area contributed by atoms with Crippen molar-refractivity contribution >= 4 is 35.1 Å². The number of alkyl halides is 3. The van der Waals surface area contributed by atoms with Gasteiger partial charge in [0.25, 0.3) is 0 Å². The molecule has 1 aromatic heterocycles. The Balaban J connectivity index is 2.30. The van der Waals surface area contributed by atoms with E-state index in [2.05, 4.69) is 4.98 Å². The lowest BCUT2D eigenvalue weighted by atomic mass is 10.0. The van der Waals surface area contributed by atoms with E-state index in [0.717, 1.165) is 10.0 Å². The van der Waals surface area contributed by atoms with Crippen molar-refractivity contribution in [3.8, 4) is 0 Å². The maximum absolute atomic E-state index is 12.6. The lowest BCUT2D eigenvalue weighted by Gasteiger charge is -2.37. The van der Waals surface area contributed by atoms with Crippen LogP contribution in [0.3, 0.4) is 0 Å². The predicted octanol–water partition coefficient (Wildman–Crippen LogP) is 1.86. The van der Waals surface area contributed by atoms with Gasteiger partial charge in [0.2, 0.25) is 5.91 Å². The van der Waals surface area contributed by atoms with Crippen molar-refractivity contribution in [2.45, 2.75) is 13.1 Å². The second-order valence-corrected chi connectivity index (χ2v) is 5.50. The number of nitrogens with one attached hydrogen (secondary N) is 1. The van der Waals surface area contributed by atoms with E-state index in [0.29, 0.717) is 12.3 Å². The number of rotatable bonds is 3. The first-order chi connectivity index (χ1) is 11.0. The summed E-state index contributed by atoms with van der Waals surface area (Å²) in [5.74, 6) is -2.40. The minimum absolute atomic E-state index is 0.128. The fraction of sp³-hybridized carbons (Fsp3) is 0.385. The maximum Gasteiger partial charge on any atom is 0.417 e. The summed E-state index contributed by atoms with van der Waals surface area (Å²) in [7, 11) is 1.33. The minimum Gasteiger partial charge on any atom is -0.299 e. The van der Waals surface area contributed by atoms with Crippen molar-refractivity contribution < 1.29 is 27.6 Å². The van der Waals surface area contributed by atoms with E-state index < -0.39 is 35.4 Å². The Labute approximate surface area is 139 Å². The molecule has 1 unspecified atom stereocenters. The Bertz CT molecular complexity index is 710. The predicted molar refractivity (Wildman–Crippen MR) is 77.1 cm³/mol. The maximum atomic E-state index is 12.6. The molecule has 1 aliphatic heterocycles. The SMILES string of the molecule is CC(=O)C1CN(N(C)c2ncc(C(F)(F)F)cc2Cl)C(=O)NC1=O. The van der Waals surface area contributed by atoms with Crippen LogP contribution in [0, 0.1) is 5.92 Å². The summed E-state index contributed by atoms with van der Waals surface area (Å²) >= 11 is 5.83. The molecule has 1 N–H and O–H groups in total. The van der Waals surface area contributed by atoms with Gasteiger partial charge in [-0.2, -0.15) is 13.2 Å².